The van der Waals surface area contributed by atoms with Crippen LogP contribution in [0.25, 0.3) is 0 Å². The van der Waals surface area contributed by atoms with Crippen LogP contribution in [0.5, 0.6) is 0 Å². The van der Waals surface area contributed by atoms with Crippen molar-refractivity contribution in [2.24, 2.45) is 5.92 Å². The SMILES string of the molecule is COC(C)CN1CCCC(CNC(C)(C)C)C1. The van der Waals surface area contributed by atoms with Gasteiger partial charge in [0, 0.05) is 25.7 Å². The Balaban J connectivity index is 2.28. The van der Waals surface area contributed by atoms with Crippen molar-refractivity contribution in [3.63, 3.8) is 0 Å². The Hall–Kier alpha value is -0.120. The fraction of sp³-hybridized carbons (Fsp3) is 1.00. The van der Waals surface area contributed by atoms with Crippen LogP contribution in [-0.2, 0) is 4.74 Å². The van der Waals surface area contributed by atoms with Crippen LogP contribution >= 0.6 is 0 Å². The molecule has 0 amide bonds. The van der Waals surface area contributed by atoms with E-state index < -0.39 is 0 Å². The molecule has 3 nitrogen and oxygen atoms in total. The van der Waals surface area contributed by atoms with Gasteiger partial charge in [-0.25, -0.2) is 0 Å². The fourth-order valence-corrected chi connectivity index (χ4v) is 2.37. The van der Waals surface area contributed by atoms with Crippen molar-refractivity contribution in [2.75, 3.05) is 33.3 Å². The second-order valence-corrected chi connectivity index (χ2v) is 6.45. The van der Waals surface area contributed by atoms with Gasteiger partial charge in [0.1, 0.15) is 0 Å². The van der Waals surface area contributed by atoms with Crippen molar-refractivity contribution in [3.05, 3.63) is 0 Å². The molecular formula is C14H30N2O. The summed E-state index contributed by atoms with van der Waals surface area (Å²) in [6.45, 7) is 13.5. The third-order valence-corrected chi connectivity index (χ3v) is 3.44. The van der Waals surface area contributed by atoms with Crippen molar-refractivity contribution in [3.8, 4) is 0 Å². The summed E-state index contributed by atoms with van der Waals surface area (Å²) in [5.41, 5.74) is 0.238. The predicted molar refractivity (Wildman–Crippen MR) is 73.4 cm³/mol. The lowest BCUT2D eigenvalue weighted by Crippen LogP contribution is -2.46. The smallest absolute Gasteiger partial charge is 0.0670 e. The minimum Gasteiger partial charge on any atom is -0.380 e. The zero-order chi connectivity index (χ0) is 12.9. The fourth-order valence-electron chi connectivity index (χ4n) is 2.37. The second kappa shape index (κ2) is 6.72. The molecule has 1 aliphatic rings. The molecule has 0 aliphatic carbocycles. The van der Waals surface area contributed by atoms with Crippen molar-refractivity contribution in [1.29, 1.82) is 0 Å². The van der Waals surface area contributed by atoms with Crippen molar-refractivity contribution in [1.82, 2.24) is 10.2 Å². The number of hydrogen-bond donors (Lipinski definition) is 1. The van der Waals surface area contributed by atoms with E-state index in [-0.39, 0.29) is 5.54 Å². The van der Waals surface area contributed by atoms with Gasteiger partial charge in [-0.1, -0.05) is 0 Å². The van der Waals surface area contributed by atoms with Gasteiger partial charge in [-0.2, -0.15) is 0 Å². The van der Waals surface area contributed by atoms with Gasteiger partial charge in [0.15, 0.2) is 0 Å². The van der Waals surface area contributed by atoms with E-state index in [2.05, 4.69) is 37.9 Å². The van der Waals surface area contributed by atoms with Crippen molar-refractivity contribution < 1.29 is 4.74 Å². The Bertz CT molecular complexity index is 213. The van der Waals surface area contributed by atoms with Crippen LogP contribution in [0.2, 0.25) is 0 Å². The Morgan fingerprint density at radius 3 is 2.71 bits per heavy atom. The largest absolute Gasteiger partial charge is 0.380 e. The van der Waals surface area contributed by atoms with E-state index in [1.807, 2.05) is 0 Å². The maximum Gasteiger partial charge on any atom is 0.0670 e. The maximum atomic E-state index is 5.35. The number of piperidine rings is 1. The molecule has 17 heavy (non-hydrogen) atoms. The molecule has 1 fully saturated rings. The zero-order valence-corrected chi connectivity index (χ0v) is 12.3. The van der Waals surface area contributed by atoms with Crippen molar-refractivity contribution >= 4 is 0 Å². The van der Waals surface area contributed by atoms with E-state index in [9.17, 15) is 0 Å². The van der Waals surface area contributed by atoms with E-state index in [0.29, 0.717) is 6.10 Å². The molecule has 0 radical (unpaired) electrons. The summed E-state index contributed by atoms with van der Waals surface area (Å²) in [4.78, 5) is 2.55. The van der Waals surface area contributed by atoms with Crippen LogP contribution in [0.1, 0.15) is 40.5 Å². The molecule has 1 saturated heterocycles. The van der Waals surface area contributed by atoms with E-state index in [4.69, 9.17) is 4.74 Å². The summed E-state index contributed by atoms with van der Waals surface area (Å²) in [7, 11) is 1.80. The van der Waals surface area contributed by atoms with Crippen LogP contribution in [0.3, 0.4) is 0 Å². The Kier molecular flexibility index (Phi) is 5.90. The molecule has 0 bridgehead atoms. The summed E-state index contributed by atoms with van der Waals surface area (Å²) in [6, 6.07) is 0. The van der Waals surface area contributed by atoms with Crippen LogP contribution in [0, 0.1) is 5.92 Å². The van der Waals surface area contributed by atoms with Gasteiger partial charge in [0.25, 0.3) is 0 Å². The standard InChI is InChI=1S/C14H30N2O/c1-12(17-5)10-16-8-6-7-13(11-16)9-15-14(2,3)4/h12-13,15H,6-11H2,1-5H3. The highest BCUT2D eigenvalue weighted by Gasteiger charge is 2.22. The quantitative estimate of drug-likeness (QED) is 0.799. The maximum absolute atomic E-state index is 5.35. The van der Waals surface area contributed by atoms with Gasteiger partial charge in [-0.15, -0.1) is 0 Å². The number of rotatable bonds is 5. The summed E-state index contributed by atoms with van der Waals surface area (Å²) >= 11 is 0. The molecule has 2 unspecified atom stereocenters. The third kappa shape index (κ3) is 6.39. The summed E-state index contributed by atoms with van der Waals surface area (Å²) in [6.07, 6.45) is 3.04. The molecule has 3 heteroatoms. The van der Waals surface area contributed by atoms with E-state index in [1.54, 1.807) is 7.11 Å². The first-order chi connectivity index (χ1) is 7.90. The average molecular weight is 242 g/mol. The first-order valence-corrected chi connectivity index (χ1v) is 6.91. The van der Waals surface area contributed by atoms with Crippen molar-refractivity contribution in [2.45, 2.75) is 52.2 Å². The molecule has 0 aromatic carbocycles. The average Bonchev–Trinajstić information content (AvgIpc) is 2.26. The van der Waals surface area contributed by atoms with Gasteiger partial charge in [-0.3, -0.25) is 0 Å². The lowest BCUT2D eigenvalue weighted by atomic mass is 9.96. The molecule has 1 N–H and O–H groups in total. The minimum atomic E-state index is 0.238. The molecule has 2 atom stereocenters. The summed E-state index contributed by atoms with van der Waals surface area (Å²) in [5.74, 6) is 0.798. The highest BCUT2D eigenvalue weighted by Crippen LogP contribution is 2.17. The summed E-state index contributed by atoms with van der Waals surface area (Å²) < 4.78 is 5.35. The van der Waals surface area contributed by atoms with Gasteiger partial charge >= 0.3 is 0 Å². The third-order valence-electron chi connectivity index (χ3n) is 3.44. The first-order valence-electron chi connectivity index (χ1n) is 6.91. The molecule has 1 rings (SSSR count). The molecule has 1 heterocycles. The molecular weight excluding hydrogens is 212 g/mol. The van der Waals surface area contributed by atoms with Gasteiger partial charge in [0.2, 0.25) is 0 Å². The molecule has 0 spiro atoms. The normalized spacial score (nSPS) is 24.9. The lowest BCUT2D eigenvalue weighted by molar-refractivity contribution is 0.0584. The molecule has 0 aromatic heterocycles. The first kappa shape index (κ1) is 14.9. The monoisotopic (exact) mass is 242 g/mol. The molecule has 1 aliphatic heterocycles. The minimum absolute atomic E-state index is 0.238. The topological polar surface area (TPSA) is 24.5 Å². The number of nitrogens with zero attached hydrogens (tertiary/aromatic N) is 1. The predicted octanol–water partition coefficient (Wildman–Crippen LogP) is 2.12. The lowest BCUT2D eigenvalue weighted by Gasteiger charge is -2.35. The molecule has 0 aromatic rings. The molecule has 102 valence electrons. The number of ether oxygens (including phenoxy) is 1. The van der Waals surface area contributed by atoms with Crippen LogP contribution < -0.4 is 5.32 Å². The van der Waals surface area contributed by atoms with Gasteiger partial charge in [-0.05, 0) is 59.5 Å². The van der Waals surface area contributed by atoms with Crippen LogP contribution in [-0.4, -0.2) is 49.8 Å². The van der Waals surface area contributed by atoms with E-state index >= 15 is 0 Å². The number of likely N-dealkylation sites (tertiary alicyclic amines) is 1. The highest BCUT2D eigenvalue weighted by atomic mass is 16.5. The van der Waals surface area contributed by atoms with Crippen LogP contribution in [0.15, 0.2) is 0 Å². The van der Waals surface area contributed by atoms with Gasteiger partial charge in [0.05, 0.1) is 6.10 Å². The Labute approximate surface area is 107 Å². The number of nitrogens with one attached hydrogen (secondary N) is 1. The number of methoxy groups -OCH3 is 1. The van der Waals surface area contributed by atoms with E-state index in [1.165, 1.54) is 25.9 Å². The van der Waals surface area contributed by atoms with Gasteiger partial charge < -0.3 is 15.0 Å². The highest BCUT2D eigenvalue weighted by molar-refractivity contribution is 4.79. The van der Waals surface area contributed by atoms with E-state index in [0.717, 1.165) is 19.0 Å². The Morgan fingerprint density at radius 1 is 1.41 bits per heavy atom. The zero-order valence-electron chi connectivity index (χ0n) is 12.3. The summed E-state index contributed by atoms with van der Waals surface area (Å²) in [5, 5.41) is 3.62. The second-order valence-electron chi connectivity index (χ2n) is 6.45. The molecule has 0 saturated carbocycles. The Morgan fingerprint density at radius 2 is 2.12 bits per heavy atom. The number of hydrogen-bond acceptors (Lipinski definition) is 3. The van der Waals surface area contributed by atoms with Crippen LogP contribution in [0.4, 0.5) is 0 Å².